The zero-order chi connectivity index (χ0) is 13.1. The topological polar surface area (TPSA) is 56.7 Å². The largest absolute Gasteiger partial charge is 0.480 e. The summed E-state index contributed by atoms with van der Waals surface area (Å²) in [6, 6.07) is -0.342. The van der Waals surface area contributed by atoms with Crippen molar-refractivity contribution >= 4 is 22.4 Å². The average Bonchev–Trinajstić information content (AvgIpc) is 2.77. The second-order valence-electron chi connectivity index (χ2n) is 4.56. The molecule has 1 unspecified atom stereocenters. The summed E-state index contributed by atoms with van der Waals surface area (Å²) in [7, 11) is 0. The van der Waals surface area contributed by atoms with Gasteiger partial charge in [0.05, 0.1) is 5.69 Å². The van der Waals surface area contributed by atoms with Crippen LogP contribution in [-0.4, -0.2) is 53.2 Å². The van der Waals surface area contributed by atoms with Crippen molar-refractivity contribution in [3.63, 3.8) is 0 Å². The van der Waals surface area contributed by atoms with E-state index in [2.05, 4.69) is 14.8 Å². The van der Waals surface area contributed by atoms with Crippen LogP contribution < -0.4 is 4.90 Å². The number of thiazole rings is 1. The van der Waals surface area contributed by atoms with Gasteiger partial charge in [0.2, 0.25) is 0 Å². The Morgan fingerprint density at radius 1 is 1.50 bits per heavy atom. The van der Waals surface area contributed by atoms with Crippen molar-refractivity contribution in [3.8, 4) is 0 Å². The summed E-state index contributed by atoms with van der Waals surface area (Å²) in [5.74, 6) is -0.712. The van der Waals surface area contributed by atoms with Gasteiger partial charge < -0.3 is 10.0 Å². The number of anilines is 1. The monoisotopic (exact) mass is 269 g/mol. The summed E-state index contributed by atoms with van der Waals surface area (Å²) >= 11 is 1.66. The number of aryl methyl sites for hydroxylation is 1. The van der Waals surface area contributed by atoms with E-state index in [1.807, 2.05) is 19.2 Å². The molecule has 0 aromatic carbocycles. The molecule has 100 valence electrons. The number of carboxylic acid groups (broad SMARTS) is 1. The minimum absolute atomic E-state index is 0.342. The maximum absolute atomic E-state index is 11.1. The first-order chi connectivity index (χ1) is 8.61. The van der Waals surface area contributed by atoms with Crippen LogP contribution in [0.3, 0.4) is 0 Å². The second-order valence-corrected chi connectivity index (χ2v) is 5.39. The molecular weight excluding hydrogens is 250 g/mol. The number of carboxylic acids is 1. The van der Waals surface area contributed by atoms with Gasteiger partial charge in [0, 0.05) is 31.6 Å². The van der Waals surface area contributed by atoms with Crippen molar-refractivity contribution in [1.82, 2.24) is 9.88 Å². The minimum atomic E-state index is -0.712. The van der Waals surface area contributed by atoms with Crippen LogP contribution in [0.4, 0.5) is 5.13 Å². The SMILES string of the molecule is CCC(C(=O)O)N1CCN(c2nc(C)cs2)CC1. The van der Waals surface area contributed by atoms with Gasteiger partial charge in [0.15, 0.2) is 5.13 Å². The van der Waals surface area contributed by atoms with Crippen molar-refractivity contribution in [1.29, 1.82) is 0 Å². The molecule has 5 nitrogen and oxygen atoms in total. The van der Waals surface area contributed by atoms with E-state index in [9.17, 15) is 4.79 Å². The summed E-state index contributed by atoms with van der Waals surface area (Å²) in [5, 5.41) is 12.2. The van der Waals surface area contributed by atoms with Gasteiger partial charge in [-0.05, 0) is 13.3 Å². The molecule has 1 atom stereocenters. The van der Waals surface area contributed by atoms with Gasteiger partial charge in [-0.25, -0.2) is 4.98 Å². The highest BCUT2D eigenvalue weighted by atomic mass is 32.1. The Hall–Kier alpha value is -1.14. The molecule has 1 saturated heterocycles. The molecule has 18 heavy (non-hydrogen) atoms. The van der Waals surface area contributed by atoms with Crippen molar-refractivity contribution in [2.24, 2.45) is 0 Å². The third-order valence-corrected chi connectivity index (χ3v) is 4.32. The van der Waals surface area contributed by atoms with Gasteiger partial charge in [-0.15, -0.1) is 11.3 Å². The van der Waals surface area contributed by atoms with E-state index in [4.69, 9.17) is 5.11 Å². The third-order valence-electron chi connectivity index (χ3n) is 3.30. The molecule has 0 spiro atoms. The van der Waals surface area contributed by atoms with E-state index in [1.165, 1.54) is 0 Å². The van der Waals surface area contributed by atoms with E-state index in [0.29, 0.717) is 6.42 Å². The van der Waals surface area contributed by atoms with Gasteiger partial charge in [-0.1, -0.05) is 6.92 Å². The summed E-state index contributed by atoms with van der Waals surface area (Å²) < 4.78 is 0. The number of aliphatic carboxylic acids is 1. The van der Waals surface area contributed by atoms with Crippen LogP contribution in [0.5, 0.6) is 0 Å². The molecule has 0 saturated carbocycles. The van der Waals surface area contributed by atoms with Crippen molar-refractivity contribution < 1.29 is 9.90 Å². The summed E-state index contributed by atoms with van der Waals surface area (Å²) in [4.78, 5) is 19.9. The summed E-state index contributed by atoms with van der Waals surface area (Å²) in [6.07, 6.45) is 0.658. The van der Waals surface area contributed by atoms with Crippen LogP contribution in [0.2, 0.25) is 0 Å². The van der Waals surface area contributed by atoms with Crippen LogP contribution in [0.15, 0.2) is 5.38 Å². The molecule has 1 aromatic heterocycles. The predicted molar refractivity (Wildman–Crippen MR) is 72.4 cm³/mol. The van der Waals surface area contributed by atoms with Gasteiger partial charge in [-0.3, -0.25) is 9.69 Å². The molecule has 0 radical (unpaired) electrons. The lowest BCUT2D eigenvalue weighted by Crippen LogP contribution is -2.52. The maximum atomic E-state index is 11.1. The molecule has 2 heterocycles. The van der Waals surface area contributed by atoms with Crippen LogP contribution in [0.1, 0.15) is 19.0 Å². The fraction of sp³-hybridized carbons (Fsp3) is 0.667. The minimum Gasteiger partial charge on any atom is -0.480 e. The Morgan fingerprint density at radius 2 is 2.17 bits per heavy atom. The van der Waals surface area contributed by atoms with Gasteiger partial charge in [-0.2, -0.15) is 0 Å². The number of hydrogen-bond donors (Lipinski definition) is 1. The smallest absolute Gasteiger partial charge is 0.320 e. The molecule has 0 bridgehead atoms. The standard InChI is InChI=1S/C12H19N3O2S/c1-3-10(11(16)17)14-4-6-15(7-5-14)12-13-9(2)8-18-12/h8,10H,3-7H2,1-2H3,(H,16,17). The quantitative estimate of drug-likeness (QED) is 0.896. The number of carbonyl (C=O) groups is 1. The van der Waals surface area contributed by atoms with Gasteiger partial charge in [0.1, 0.15) is 6.04 Å². The zero-order valence-corrected chi connectivity index (χ0v) is 11.6. The van der Waals surface area contributed by atoms with E-state index in [0.717, 1.165) is 37.0 Å². The Morgan fingerprint density at radius 3 is 2.61 bits per heavy atom. The van der Waals surface area contributed by atoms with E-state index in [1.54, 1.807) is 11.3 Å². The summed E-state index contributed by atoms with van der Waals surface area (Å²) in [6.45, 7) is 7.23. The lowest BCUT2D eigenvalue weighted by molar-refractivity contribution is -0.143. The van der Waals surface area contributed by atoms with E-state index >= 15 is 0 Å². The first kappa shape index (κ1) is 13.3. The highest BCUT2D eigenvalue weighted by molar-refractivity contribution is 7.13. The molecule has 0 aliphatic carbocycles. The van der Waals surface area contributed by atoms with E-state index in [-0.39, 0.29) is 6.04 Å². The van der Waals surface area contributed by atoms with Crippen LogP contribution >= 0.6 is 11.3 Å². The first-order valence-corrected chi connectivity index (χ1v) is 7.13. The summed E-state index contributed by atoms with van der Waals surface area (Å²) in [5.41, 5.74) is 1.05. The lowest BCUT2D eigenvalue weighted by atomic mass is 10.1. The molecule has 0 amide bonds. The van der Waals surface area contributed by atoms with Crippen LogP contribution in [0, 0.1) is 6.92 Å². The number of hydrogen-bond acceptors (Lipinski definition) is 5. The Kier molecular flexibility index (Phi) is 4.19. The number of aromatic nitrogens is 1. The normalized spacial score (nSPS) is 18.9. The number of rotatable bonds is 4. The molecule has 1 aliphatic heterocycles. The van der Waals surface area contributed by atoms with Crippen molar-refractivity contribution in [2.45, 2.75) is 26.3 Å². The fourth-order valence-electron chi connectivity index (χ4n) is 2.30. The highest BCUT2D eigenvalue weighted by Crippen LogP contribution is 2.22. The molecular formula is C12H19N3O2S. The van der Waals surface area contributed by atoms with Gasteiger partial charge >= 0.3 is 5.97 Å². The molecule has 6 heteroatoms. The highest BCUT2D eigenvalue weighted by Gasteiger charge is 2.27. The van der Waals surface area contributed by atoms with Crippen molar-refractivity contribution in [3.05, 3.63) is 11.1 Å². The fourth-order valence-corrected chi connectivity index (χ4v) is 3.16. The lowest BCUT2D eigenvalue weighted by Gasteiger charge is -2.37. The number of piperazine rings is 1. The molecule has 2 rings (SSSR count). The second kappa shape index (κ2) is 5.67. The zero-order valence-electron chi connectivity index (χ0n) is 10.8. The third kappa shape index (κ3) is 2.81. The van der Waals surface area contributed by atoms with Gasteiger partial charge in [0.25, 0.3) is 0 Å². The predicted octanol–water partition coefficient (Wildman–Crippen LogP) is 1.44. The van der Waals surface area contributed by atoms with Crippen LogP contribution in [-0.2, 0) is 4.79 Å². The maximum Gasteiger partial charge on any atom is 0.320 e. The molecule has 1 N–H and O–H groups in total. The number of nitrogens with zero attached hydrogens (tertiary/aromatic N) is 3. The molecule has 1 fully saturated rings. The molecule has 1 aliphatic rings. The Bertz CT molecular complexity index is 413. The van der Waals surface area contributed by atoms with Crippen molar-refractivity contribution in [2.75, 3.05) is 31.1 Å². The Balaban J connectivity index is 1.93. The average molecular weight is 269 g/mol. The first-order valence-electron chi connectivity index (χ1n) is 6.25. The molecule has 1 aromatic rings. The van der Waals surface area contributed by atoms with Crippen LogP contribution in [0.25, 0.3) is 0 Å². The van der Waals surface area contributed by atoms with E-state index < -0.39 is 5.97 Å². The Labute approximate surface area is 111 Å².